The number of rotatable bonds is 3. The standard InChI is InChI=1S/C16H20N2O3/c1-17-9-10-18(11-14(17)19)13-6-3-2-5-12(13)16(15(20)21)7-4-8-16/h2-3,5-6H,4,7-11H2,1H3,(H,20,21). The van der Waals surface area contributed by atoms with Gasteiger partial charge in [-0.3, -0.25) is 9.59 Å². The normalized spacial score (nSPS) is 21.1. The Morgan fingerprint density at radius 2 is 1.95 bits per heavy atom. The topological polar surface area (TPSA) is 60.9 Å². The molecule has 5 heteroatoms. The van der Waals surface area contributed by atoms with Crippen molar-refractivity contribution in [3.05, 3.63) is 29.8 Å². The zero-order valence-electron chi connectivity index (χ0n) is 12.2. The molecule has 0 radical (unpaired) electrons. The SMILES string of the molecule is CN1CCN(c2ccccc2C2(C(=O)O)CCC2)CC1=O. The number of para-hydroxylation sites is 1. The van der Waals surface area contributed by atoms with Crippen molar-refractivity contribution in [3.8, 4) is 0 Å². The number of likely N-dealkylation sites (N-methyl/N-ethyl adjacent to an activating group) is 1. The minimum absolute atomic E-state index is 0.0778. The Kier molecular flexibility index (Phi) is 3.35. The van der Waals surface area contributed by atoms with Gasteiger partial charge in [-0.25, -0.2) is 0 Å². The molecule has 1 saturated carbocycles. The van der Waals surface area contributed by atoms with Gasteiger partial charge in [-0.2, -0.15) is 0 Å². The minimum Gasteiger partial charge on any atom is -0.481 e. The van der Waals surface area contributed by atoms with E-state index < -0.39 is 11.4 Å². The van der Waals surface area contributed by atoms with Gasteiger partial charge < -0.3 is 14.9 Å². The molecule has 1 aromatic rings. The van der Waals surface area contributed by atoms with Gasteiger partial charge in [0.05, 0.1) is 12.0 Å². The Morgan fingerprint density at radius 3 is 2.52 bits per heavy atom. The molecule has 1 aromatic carbocycles. The fourth-order valence-corrected chi connectivity index (χ4v) is 3.25. The van der Waals surface area contributed by atoms with E-state index in [-0.39, 0.29) is 5.91 Å². The molecule has 0 atom stereocenters. The van der Waals surface area contributed by atoms with Gasteiger partial charge in [0.25, 0.3) is 0 Å². The number of hydrogen-bond acceptors (Lipinski definition) is 3. The number of nitrogens with zero attached hydrogens (tertiary/aromatic N) is 2. The fourth-order valence-electron chi connectivity index (χ4n) is 3.25. The molecule has 2 fully saturated rings. The second-order valence-electron chi connectivity index (χ2n) is 5.99. The molecule has 2 aliphatic rings. The number of aliphatic carboxylic acids is 1. The quantitative estimate of drug-likeness (QED) is 0.915. The molecule has 5 nitrogen and oxygen atoms in total. The van der Waals surface area contributed by atoms with Crippen molar-refractivity contribution in [2.45, 2.75) is 24.7 Å². The van der Waals surface area contributed by atoms with Crippen LogP contribution in [0.25, 0.3) is 0 Å². The highest BCUT2D eigenvalue weighted by Gasteiger charge is 2.47. The van der Waals surface area contributed by atoms with Gasteiger partial charge in [0.1, 0.15) is 0 Å². The first-order valence-corrected chi connectivity index (χ1v) is 7.36. The zero-order valence-corrected chi connectivity index (χ0v) is 12.2. The van der Waals surface area contributed by atoms with Crippen LogP contribution < -0.4 is 4.90 Å². The maximum absolute atomic E-state index is 11.9. The third kappa shape index (κ3) is 2.17. The molecule has 1 saturated heterocycles. The number of carboxylic acids is 1. The summed E-state index contributed by atoms with van der Waals surface area (Å²) in [6, 6.07) is 7.65. The first-order valence-electron chi connectivity index (χ1n) is 7.36. The number of carbonyl (C=O) groups is 2. The second-order valence-corrected chi connectivity index (χ2v) is 5.99. The maximum atomic E-state index is 11.9. The third-order valence-electron chi connectivity index (χ3n) is 4.83. The van der Waals surface area contributed by atoms with Crippen LogP contribution in [0.3, 0.4) is 0 Å². The van der Waals surface area contributed by atoms with Gasteiger partial charge in [-0.05, 0) is 24.5 Å². The van der Waals surface area contributed by atoms with Crippen LogP contribution in [0.1, 0.15) is 24.8 Å². The molecular weight excluding hydrogens is 268 g/mol. The summed E-state index contributed by atoms with van der Waals surface area (Å²) in [5, 5.41) is 9.66. The molecule has 21 heavy (non-hydrogen) atoms. The highest BCUT2D eigenvalue weighted by Crippen LogP contribution is 2.47. The van der Waals surface area contributed by atoms with Crippen molar-refractivity contribution in [1.29, 1.82) is 0 Å². The first-order chi connectivity index (χ1) is 10.0. The third-order valence-corrected chi connectivity index (χ3v) is 4.83. The predicted octanol–water partition coefficient (Wildman–Crippen LogP) is 1.47. The van der Waals surface area contributed by atoms with Gasteiger partial charge in [0, 0.05) is 25.8 Å². The second kappa shape index (κ2) is 5.06. The van der Waals surface area contributed by atoms with Crippen molar-refractivity contribution in [1.82, 2.24) is 4.90 Å². The summed E-state index contributed by atoms with van der Waals surface area (Å²) >= 11 is 0. The lowest BCUT2D eigenvalue weighted by atomic mass is 9.64. The molecule has 0 spiro atoms. The van der Waals surface area contributed by atoms with E-state index in [1.165, 1.54) is 0 Å². The fraction of sp³-hybridized carbons (Fsp3) is 0.500. The van der Waals surface area contributed by atoms with Gasteiger partial charge in [-0.1, -0.05) is 24.6 Å². The Balaban J connectivity index is 1.97. The maximum Gasteiger partial charge on any atom is 0.314 e. The average molecular weight is 288 g/mol. The summed E-state index contributed by atoms with van der Waals surface area (Å²) in [5.74, 6) is -0.671. The summed E-state index contributed by atoms with van der Waals surface area (Å²) in [7, 11) is 1.80. The molecule has 0 unspecified atom stereocenters. The minimum atomic E-state index is -0.761. The molecule has 112 valence electrons. The van der Waals surface area contributed by atoms with Crippen molar-refractivity contribution in [3.63, 3.8) is 0 Å². The van der Waals surface area contributed by atoms with Crippen molar-refractivity contribution in [2.75, 3.05) is 31.6 Å². The van der Waals surface area contributed by atoms with Crippen molar-refractivity contribution < 1.29 is 14.7 Å². The summed E-state index contributed by atoms with van der Waals surface area (Å²) in [5.41, 5.74) is 1.00. The molecule has 1 aliphatic heterocycles. The Hall–Kier alpha value is -2.04. The lowest BCUT2D eigenvalue weighted by Crippen LogP contribution is -2.50. The largest absolute Gasteiger partial charge is 0.481 e. The highest BCUT2D eigenvalue weighted by atomic mass is 16.4. The monoisotopic (exact) mass is 288 g/mol. The van der Waals surface area contributed by atoms with Crippen LogP contribution >= 0.6 is 0 Å². The molecule has 3 rings (SSSR count). The zero-order chi connectivity index (χ0) is 15.0. The lowest BCUT2D eigenvalue weighted by Gasteiger charge is -2.42. The average Bonchev–Trinajstić information content (AvgIpc) is 2.41. The summed E-state index contributed by atoms with van der Waals surface area (Å²) in [6.07, 6.45) is 2.31. The molecule has 1 amide bonds. The first kappa shape index (κ1) is 13.9. The number of amides is 1. The van der Waals surface area contributed by atoms with Crippen LogP contribution in [0.5, 0.6) is 0 Å². The van der Waals surface area contributed by atoms with Crippen molar-refractivity contribution in [2.24, 2.45) is 0 Å². The van der Waals surface area contributed by atoms with E-state index in [0.717, 1.165) is 24.2 Å². The molecule has 1 heterocycles. The Morgan fingerprint density at radius 1 is 1.24 bits per heavy atom. The molecule has 1 N–H and O–H groups in total. The lowest BCUT2D eigenvalue weighted by molar-refractivity contribution is -0.147. The van der Waals surface area contributed by atoms with E-state index in [1.807, 2.05) is 29.2 Å². The van der Waals surface area contributed by atoms with Crippen LogP contribution in [-0.2, 0) is 15.0 Å². The van der Waals surface area contributed by atoms with E-state index in [4.69, 9.17) is 0 Å². The van der Waals surface area contributed by atoms with Crippen LogP contribution in [0.15, 0.2) is 24.3 Å². The van der Waals surface area contributed by atoms with Crippen LogP contribution in [0, 0.1) is 0 Å². The molecule has 0 aromatic heterocycles. The van der Waals surface area contributed by atoms with E-state index in [0.29, 0.717) is 25.9 Å². The van der Waals surface area contributed by atoms with E-state index in [9.17, 15) is 14.7 Å². The number of anilines is 1. The summed E-state index contributed by atoms with van der Waals surface area (Å²) in [4.78, 5) is 27.4. The van der Waals surface area contributed by atoms with Crippen LogP contribution in [-0.4, -0.2) is 48.6 Å². The smallest absolute Gasteiger partial charge is 0.314 e. The van der Waals surface area contributed by atoms with Gasteiger partial charge >= 0.3 is 5.97 Å². The van der Waals surface area contributed by atoms with Crippen molar-refractivity contribution >= 4 is 17.6 Å². The number of carbonyl (C=O) groups excluding carboxylic acids is 1. The van der Waals surface area contributed by atoms with Gasteiger partial charge in [0.15, 0.2) is 0 Å². The summed E-state index contributed by atoms with van der Waals surface area (Å²) in [6.45, 7) is 1.74. The molecule has 1 aliphatic carbocycles. The van der Waals surface area contributed by atoms with Crippen LogP contribution in [0.4, 0.5) is 5.69 Å². The molecule has 0 bridgehead atoms. The summed E-state index contributed by atoms with van der Waals surface area (Å²) < 4.78 is 0. The highest BCUT2D eigenvalue weighted by molar-refractivity contribution is 5.87. The number of hydrogen-bond donors (Lipinski definition) is 1. The number of benzene rings is 1. The number of piperazine rings is 1. The van der Waals surface area contributed by atoms with Gasteiger partial charge in [-0.15, -0.1) is 0 Å². The number of carboxylic acid groups (broad SMARTS) is 1. The Bertz CT molecular complexity index is 581. The predicted molar refractivity (Wildman–Crippen MR) is 79.5 cm³/mol. The molecular formula is C16H20N2O3. The van der Waals surface area contributed by atoms with E-state index >= 15 is 0 Å². The van der Waals surface area contributed by atoms with E-state index in [2.05, 4.69) is 0 Å². The van der Waals surface area contributed by atoms with Gasteiger partial charge in [0.2, 0.25) is 5.91 Å². The van der Waals surface area contributed by atoms with Crippen LogP contribution in [0.2, 0.25) is 0 Å². The Labute approximate surface area is 124 Å². The van der Waals surface area contributed by atoms with E-state index in [1.54, 1.807) is 11.9 Å².